The molecule has 0 aliphatic heterocycles. The molecule has 0 unspecified atom stereocenters. The highest BCUT2D eigenvalue weighted by Gasteiger charge is 2.04. The summed E-state index contributed by atoms with van der Waals surface area (Å²) in [5.74, 6) is 0. The van der Waals surface area contributed by atoms with Gasteiger partial charge in [-0.1, -0.05) is 42.5 Å². The molecule has 104 valence electrons. The van der Waals surface area contributed by atoms with Crippen molar-refractivity contribution in [2.75, 3.05) is 11.9 Å². The van der Waals surface area contributed by atoms with Crippen molar-refractivity contribution < 1.29 is 4.79 Å². The van der Waals surface area contributed by atoms with Crippen LogP contribution in [-0.2, 0) is 6.42 Å². The van der Waals surface area contributed by atoms with Gasteiger partial charge in [0.25, 0.3) is 0 Å². The molecule has 2 rings (SSSR count). The molecule has 0 bridgehead atoms. The molecule has 2 N–H and O–H groups in total. The lowest BCUT2D eigenvalue weighted by molar-refractivity contribution is 0.252. The van der Waals surface area contributed by atoms with Crippen LogP contribution in [0.3, 0.4) is 0 Å². The van der Waals surface area contributed by atoms with Crippen LogP contribution in [0, 0.1) is 13.8 Å². The Morgan fingerprint density at radius 2 is 1.80 bits per heavy atom. The number of carbonyl (C=O) groups excluding carboxylic acids is 1. The van der Waals surface area contributed by atoms with Gasteiger partial charge in [-0.15, -0.1) is 0 Å². The highest BCUT2D eigenvalue weighted by atomic mass is 16.2. The first kappa shape index (κ1) is 14.1. The summed E-state index contributed by atoms with van der Waals surface area (Å²) < 4.78 is 0. The van der Waals surface area contributed by atoms with E-state index in [0.717, 1.165) is 23.2 Å². The minimum absolute atomic E-state index is 0.158. The molecule has 2 amide bonds. The maximum atomic E-state index is 11.8. The molecule has 0 heterocycles. The Labute approximate surface area is 120 Å². The number of nitrogens with one attached hydrogen (secondary N) is 2. The largest absolute Gasteiger partial charge is 0.338 e. The van der Waals surface area contributed by atoms with Crippen LogP contribution in [0.2, 0.25) is 0 Å². The Morgan fingerprint density at radius 3 is 2.55 bits per heavy atom. The maximum absolute atomic E-state index is 11.8. The predicted octanol–water partition coefficient (Wildman–Crippen LogP) is 3.67. The first-order chi connectivity index (χ1) is 9.65. The molecule has 0 saturated heterocycles. The highest BCUT2D eigenvalue weighted by Crippen LogP contribution is 2.15. The van der Waals surface area contributed by atoms with Gasteiger partial charge in [0, 0.05) is 12.2 Å². The van der Waals surface area contributed by atoms with Gasteiger partial charge in [-0.2, -0.15) is 0 Å². The van der Waals surface area contributed by atoms with Crippen LogP contribution < -0.4 is 10.6 Å². The van der Waals surface area contributed by atoms with Gasteiger partial charge >= 0.3 is 6.03 Å². The molecule has 0 radical (unpaired) electrons. The molecule has 0 aliphatic rings. The summed E-state index contributed by atoms with van der Waals surface area (Å²) in [6, 6.07) is 16.0. The minimum atomic E-state index is -0.158. The van der Waals surface area contributed by atoms with Crippen molar-refractivity contribution >= 4 is 11.7 Å². The van der Waals surface area contributed by atoms with Gasteiger partial charge in [0.1, 0.15) is 0 Å². The molecular weight excluding hydrogens is 248 g/mol. The molecule has 3 heteroatoms. The number of hydrogen-bond donors (Lipinski definition) is 2. The van der Waals surface area contributed by atoms with Crippen molar-refractivity contribution in [3.63, 3.8) is 0 Å². The third-order valence-corrected chi connectivity index (χ3v) is 3.18. The maximum Gasteiger partial charge on any atom is 0.319 e. The summed E-state index contributed by atoms with van der Waals surface area (Å²) >= 11 is 0. The summed E-state index contributed by atoms with van der Waals surface area (Å²) in [4.78, 5) is 11.8. The van der Waals surface area contributed by atoms with Crippen LogP contribution >= 0.6 is 0 Å². The molecule has 0 aliphatic carbocycles. The summed E-state index contributed by atoms with van der Waals surface area (Å²) in [5.41, 5.74) is 4.28. The number of hydrogen-bond acceptors (Lipinski definition) is 1. The van der Waals surface area contributed by atoms with E-state index in [1.54, 1.807) is 0 Å². The molecule has 0 spiro atoms. The summed E-state index contributed by atoms with van der Waals surface area (Å²) in [6.45, 7) is 4.62. The third-order valence-electron chi connectivity index (χ3n) is 3.18. The van der Waals surface area contributed by atoms with E-state index >= 15 is 0 Å². The molecule has 2 aromatic rings. The van der Waals surface area contributed by atoms with Gasteiger partial charge in [0.2, 0.25) is 0 Å². The quantitative estimate of drug-likeness (QED) is 0.872. The van der Waals surface area contributed by atoms with Crippen LogP contribution in [0.15, 0.2) is 48.5 Å². The van der Waals surface area contributed by atoms with Crippen molar-refractivity contribution in [1.82, 2.24) is 5.32 Å². The van der Waals surface area contributed by atoms with Crippen molar-refractivity contribution in [3.8, 4) is 0 Å². The van der Waals surface area contributed by atoms with E-state index in [0.29, 0.717) is 6.54 Å². The molecule has 0 aromatic heterocycles. The van der Waals surface area contributed by atoms with Crippen molar-refractivity contribution in [2.24, 2.45) is 0 Å². The number of amides is 2. The van der Waals surface area contributed by atoms with Gasteiger partial charge in [-0.3, -0.25) is 0 Å². The third kappa shape index (κ3) is 4.12. The average Bonchev–Trinajstić information content (AvgIpc) is 2.44. The normalized spacial score (nSPS) is 10.1. The van der Waals surface area contributed by atoms with Gasteiger partial charge in [0.15, 0.2) is 0 Å². The fraction of sp³-hybridized carbons (Fsp3) is 0.235. The summed E-state index contributed by atoms with van der Waals surface area (Å²) in [7, 11) is 0. The average molecular weight is 268 g/mol. The number of anilines is 1. The lowest BCUT2D eigenvalue weighted by atomic mass is 10.1. The lowest BCUT2D eigenvalue weighted by Gasteiger charge is -2.10. The van der Waals surface area contributed by atoms with Crippen molar-refractivity contribution in [3.05, 3.63) is 65.2 Å². The van der Waals surface area contributed by atoms with Crippen LogP contribution in [-0.4, -0.2) is 12.6 Å². The first-order valence-electron chi connectivity index (χ1n) is 6.81. The zero-order valence-electron chi connectivity index (χ0n) is 11.9. The van der Waals surface area contributed by atoms with E-state index < -0.39 is 0 Å². The Morgan fingerprint density at radius 1 is 1.05 bits per heavy atom. The number of urea groups is 1. The molecule has 3 nitrogen and oxygen atoms in total. The van der Waals surface area contributed by atoms with Gasteiger partial charge in [0.05, 0.1) is 0 Å². The Kier molecular flexibility index (Phi) is 4.77. The zero-order valence-corrected chi connectivity index (χ0v) is 11.9. The van der Waals surface area contributed by atoms with E-state index in [-0.39, 0.29) is 6.03 Å². The van der Waals surface area contributed by atoms with Crippen LogP contribution in [0.1, 0.15) is 16.7 Å². The van der Waals surface area contributed by atoms with Gasteiger partial charge in [-0.05, 0) is 43.0 Å². The fourth-order valence-corrected chi connectivity index (χ4v) is 2.00. The van der Waals surface area contributed by atoms with Crippen molar-refractivity contribution in [2.45, 2.75) is 20.3 Å². The second-order valence-corrected chi connectivity index (χ2v) is 4.93. The lowest BCUT2D eigenvalue weighted by Crippen LogP contribution is -2.30. The number of benzene rings is 2. The van der Waals surface area contributed by atoms with Crippen LogP contribution in [0.5, 0.6) is 0 Å². The topological polar surface area (TPSA) is 41.1 Å². The smallest absolute Gasteiger partial charge is 0.319 e. The molecule has 0 saturated carbocycles. The van der Waals surface area contributed by atoms with E-state index in [9.17, 15) is 4.79 Å². The molecule has 2 aromatic carbocycles. The summed E-state index contributed by atoms with van der Waals surface area (Å²) in [6.07, 6.45) is 0.834. The van der Waals surface area contributed by atoms with Gasteiger partial charge < -0.3 is 10.6 Å². The van der Waals surface area contributed by atoms with E-state index in [2.05, 4.69) is 22.8 Å². The minimum Gasteiger partial charge on any atom is -0.338 e. The zero-order chi connectivity index (χ0) is 14.4. The second-order valence-electron chi connectivity index (χ2n) is 4.93. The SMILES string of the molecule is Cc1ccc(C)c(NC(=O)NCCc2ccccc2)c1. The van der Waals surface area contributed by atoms with Crippen molar-refractivity contribution in [1.29, 1.82) is 0 Å². The highest BCUT2D eigenvalue weighted by molar-refractivity contribution is 5.90. The van der Waals surface area contributed by atoms with Gasteiger partial charge in [-0.25, -0.2) is 4.79 Å². The molecule has 0 atom stereocenters. The van der Waals surface area contributed by atoms with Crippen LogP contribution in [0.4, 0.5) is 10.5 Å². The Balaban J connectivity index is 1.82. The Bertz CT molecular complexity index is 579. The number of rotatable bonds is 4. The van der Waals surface area contributed by atoms with E-state index in [4.69, 9.17) is 0 Å². The molecule has 20 heavy (non-hydrogen) atoms. The molecular formula is C17H20N2O. The van der Waals surface area contributed by atoms with E-state index in [1.807, 2.05) is 50.2 Å². The predicted molar refractivity (Wildman–Crippen MR) is 83.1 cm³/mol. The fourth-order valence-electron chi connectivity index (χ4n) is 2.00. The summed E-state index contributed by atoms with van der Waals surface area (Å²) in [5, 5.41) is 5.76. The van der Waals surface area contributed by atoms with Crippen LogP contribution in [0.25, 0.3) is 0 Å². The second kappa shape index (κ2) is 6.75. The first-order valence-corrected chi connectivity index (χ1v) is 6.81. The Hall–Kier alpha value is -2.29. The molecule has 0 fully saturated rings. The monoisotopic (exact) mass is 268 g/mol. The number of aryl methyl sites for hydroxylation is 2. The van der Waals surface area contributed by atoms with E-state index in [1.165, 1.54) is 5.56 Å². The number of carbonyl (C=O) groups is 1. The standard InChI is InChI=1S/C17H20N2O/c1-13-8-9-14(2)16(12-13)19-17(20)18-11-10-15-6-4-3-5-7-15/h3-9,12H,10-11H2,1-2H3,(H2,18,19,20).